The Morgan fingerprint density at radius 1 is 1.46 bits per heavy atom. The molecule has 0 saturated heterocycles. The quantitative estimate of drug-likeness (QED) is 0.601. The van der Waals surface area contributed by atoms with Gasteiger partial charge in [-0.25, -0.2) is 13.8 Å². The molecule has 0 bridgehead atoms. The molecule has 1 rings (SSSR count). The molecule has 1 aromatic heterocycles. The SMILES string of the molecule is OCCCSc1ncc(F)cc1F. The number of hydrogen-bond donors (Lipinski definition) is 1. The highest BCUT2D eigenvalue weighted by Gasteiger charge is 2.04. The van der Waals surface area contributed by atoms with Crippen LogP contribution in [0, 0.1) is 11.6 Å². The van der Waals surface area contributed by atoms with Crippen LogP contribution in [-0.4, -0.2) is 22.5 Å². The van der Waals surface area contributed by atoms with E-state index < -0.39 is 11.6 Å². The number of aliphatic hydroxyl groups is 1. The predicted molar refractivity (Wildman–Crippen MR) is 46.6 cm³/mol. The van der Waals surface area contributed by atoms with Crippen molar-refractivity contribution in [3.8, 4) is 0 Å². The lowest BCUT2D eigenvalue weighted by molar-refractivity contribution is 0.296. The highest BCUT2D eigenvalue weighted by atomic mass is 32.2. The van der Waals surface area contributed by atoms with E-state index in [0.717, 1.165) is 12.3 Å². The molecule has 1 heterocycles. The van der Waals surface area contributed by atoms with Gasteiger partial charge in [-0.3, -0.25) is 0 Å². The van der Waals surface area contributed by atoms with Gasteiger partial charge in [0.2, 0.25) is 0 Å². The maximum absolute atomic E-state index is 12.9. The Labute approximate surface area is 79.0 Å². The minimum Gasteiger partial charge on any atom is -0.396 e. The number of rotatable bonds is 4. The fraction of sp³-hybridized carbons (Fsp3) is 0.375. The van der Waals surface area contributed by atoms with Crippen molar-refractivity contribution in [2.45, 2.75) is 11.4 Å². The molecule has 0 aliphatic heterocycles. The molecule has 0 spiro atoms. The van der Waals surface area contributed by atoms with Crippen LogP contribution in [0.4, 0.5) is 8.78 Å². The van der Waals surface area contributed by atoms with Gasteiger partial charge >= 0.3 is 0 Å². The molecule has 0 aliphatic carbocycles. The topological polar surface area (TPSA) is 33.1 Å². The smallest absolute Gasteiger partial charge is 0.158 e. The molecule has 0 amide bonds. The highest BCUT2D eigenvalue weighted by molar-refractivity contribution is 7.99. The van der Waals surface area contributed by atoms with Crippen molar-refractivity contribution in [1.29, 1.82) is 0 Å². The van der Waals surface area contributed by atoms with Gasteiger partial charge in [-0.2, -0.15) is 0 Å². The van der Waals surface area contributed by atoms with Gasteiger partial charge in [0, 0.05) is 18.4 Å². The van der Waals surface area contributed by atoms with Crippen molar-refractivity contribution in [2.75, 3.05) is 12.4 Å². The molecule has 0 unspecified atom stereocenters. The number of hydrogen-bond acceptors (Lipinski definition) is 3. The van der Waals surface area contributed by atoms with Gasteiger partial charge in [0.05, 0.1) is 6.20 Å². The molecule has 5 heteroatoms. The van der Waals surface area contributed by atoms with E-state index in [1.165, 1.54) is 11.8 Å². The Morgan fingerprint density at radius 2 is 2.23 bits per heavy atom. The van der Waals surface area contributed by atoms with Crippen LogP contribution in [0.25, 0.3) is 0 Å². The van der Waals surface area contributed by atoms with E-state index in [4.69, 9.17) is 5.11 Å². The zero-order valence-corrected chi connectivity index (χ0v) is 7.65. The van der Waals surface area contributed by atoms with Crippen LogP contribution in [0.3, 0.4) is 0 Å². The Kier molecular flexibility index (Phi) is 4.11. The molecule has 0 fully saturated rings. The minimum absolute atomic E-state index is 0.0653. The summed E-state index contributed by atoms with van der Waals surface area (Å²) in [6.45, 7) is 0.0653. The second kappa shape index (κ2) is 5.14. The summed E-state index contributed by atoms with van der Waals surface area (Å²) in [6.07, 6.45) is 1.55. The lowest BCUT2D eigenvalue weighted by Gasteiger charge is -2.00. The summed E-state index contributed by atoms with van der Waals surface area (Å²) in [7, 11) is 0. The van der Waals surface area contributed by atoms with Gasteiger partial charge < -0.3 is 5.11 Å². The van der Waals surface area contributed by atoms with Crippen LogP contribution < -0.4 is 0 Å². The number of thioether (sulfide) groups is 1. The zero-order chi connectivity index (χ0) is 9.68. The molecule has 0 saturated carbocycles. The van der Waals surface area contributed by atoms with E-state index in [1.807, 2.05) is 0 Å². The molecule has 13 heavy (non-hydrogen) atoms. The molecule has 0 radical (unpaired) electrons. The second-order valence-corrected chi connectivity index (χ2v) is 3.45. The largest absolute Gasteiger partial charge is 0.396 e. The number of aromatic nitrogens is 1. The summed E-state index contributed by atoms with van der Waals surface area (Å²) in [5, 5.41) is 8.65. The maximum Gasteiger partial charge on any atom is 0.158 e. The first kappa shape index (κ1) is 10.4. The van der Waals surface area contributed by atoms with Crippen LogP contribution in [0.5, 0.6) is 0 Å². The van der Waals surface area contributed by atoms with Gasteiger partial charge in [0.1, 0.15) is 10.8 Å². The van der Waals surface area contributed by atoms with Crippen LogP contribution in [0.15, 0.2) is 17.3 Å². The van der Waals surface area contributed by atoms with Crippen molar-refractivity contribution in [1.82, 2.24) is 4.98 Å². The molecule has 72 valence electrons. The van der Waals surface area contributed by atoms with Crippen molar-refractivity contribution >= 4 is 11.8 Å². The number of aliphatic hydroxyl groups excluding tert-OH is 1. The minimum atomic E-state index is -0.677. The second-order valence-electron chi connectivity index (χ2n) is 2.37. The molecule has 0 aliphatic rings. The summed E-state index contributed by atoms with van der Waals surface area (Å²) in [5.41, 5.74) is 0. The van der Waals surface area contributed by atoms with Crippen LogP contribution in [0.1, 0.15) is 6.42 Å². The fourth-order valence-electron chi connectivity index (χ4n) is 0.742. The third-order valence-electron chi connectivity index (χ3n) is 1.32. The van der Waals surface area contributed by atoms with Crippen molar-refractivity contribution < 1.29 is 13.9 Å². The molecule has 2 nitrogen and oxygen atoms in total. The van der Waals surface area contributed by atoms with Crippen molar-refractivity contribution in [2.24, 2.45) is 0 Å². The Bertz CT molecular complexity index is 283. The Morgan fingerprint density at radius 3 is 2.85 bits per heavy atom. The maximum atomic E-state index is 12.9. The summed E-state index contributed by atoms with van der Waals surface area (Å²) in [5.74, 6) is -0.751. The summed E-state index contributed by atoms with van der Waals surface area (Å²) in [6, 6.07) is 0.800. The monoisotopic (exact) mass is 205 g/mol. The van der Waals surface area contributed by atoms with Crippen molar-refractivity contribution in [3.05, 3.63) is 23.9 Å². The summed E-state index contributed by atoms with van der Waals surface area (Å²) < 4.78 is 25.3. The van der Waals surface area contributed by atoms with Crippen LogP contribution in [-0.2, 0) is 0 Å². The molecule has 0 atom stereocenters. The van der Waals surface area contributed by atoms with E-state index in [9.17, 15) is 8.78 Å². The highest BCUT2D eigenvalue weighted by Crippen LogP contribution is 2.19. The van der Waals surface area contributed by atoms with Gasteiger partial charge in [0.25, 0.3) is 0 Å². The van der Waals surface area contributed by atoms with E-state index in [0.29, 0.717) is 12.2 Å². The molecular formula is C8H9F2NOS. The zero-order valence-electron chi connectivity index (χ0n) is 6.83. The number of nitrogens with zero attached hydrogens (tertiary/aromatic N) is 1. The van der Waals surface area contributed by atoms with Crippen molar-refractivity contribution in [3.63, 3.8) is 0 Å². The third kappa shape index (κ3) is 3.28. The van der Waals surface area contributed by atoms with Gasteiger partial charge in [0.15, 0.2) is 5.82 Å². The molecule has 1 N–H and O–H groups in total. The van der Waals surface area contributed by atoms with E-state index in [2.05, 4.69) is 4.98 Å². The first-order valence-corrected chi connectivity index (χ1v) is 4.77. The Hall–Kier alpha value is -0.680. The average Bonchev–Trinajstić information content (AvgIpc) is 2.09. The fourth-order valence-corrected chi connectivity index (χ4v) is 1.53. The first-order chi connectivity index (χ1) is 6.24. The number of pyridine rings is 1. The summed E-state index contributed by atoms with van der Waals surface area (Å²) in [4.78, 5) is 3.58. The normalized spacial score (nSPS) is 10.4. The average molecular weight is 205 g/mol. The van der Waals surface area contributed by atoms with E-state index in [-0.39, 0.29) is 11.6 Å². The lowest BCUT2D eigenvalue weighted by Crippen LogP contribution is -1.91. The van der Waals surface area contributed by atoms with E-state index in [1.54, 1.807) is 0 Å². The standard InChI is InChI=1S/C8H9F2NOS/c9-6-4-7(10)8(11-5-6)13-3-1-2-12/h4-5,12H,1-3H2. The molecule has 0 aromatic carbocycles. The van der Waals surface area contributed by atoms with Gasteiger partial charge in [-0.05, 0) is 6.42 Å². The van der Waals surface area contributed by atoms with Gasteiger partial charge in [-0.15, -0.1) is 11.8 Å². The summed E-state index contributed by atoms with van der Waals surface area (Å²) >= 11 is 1.17. The van der Waals surface area contributed by atoms with E-state index >= 15 is 0 Å². The number of halogens is 2. The third-order valence-corrected chi connectivity index (χ3v) is 2.38. The Balaban J connectivity index is 2.56. The first-order valence-electron chi connectivity index (χ1n) is 3.78. The van der Waals surface area contributed by atoms with Gasteiger partial charge in [-0.1, -0.05) is 0 Å². The lowest BCUT2D eigenvalue weighted by atomic mass is 10.5. The van der Waals surface area contributed by atoms with Crippen LogP contribution in [0.2, 0.25) is 0 Å². The predicted octanol–water partition coefficient (Wildman–Crippen LogP) is 1.83. The molecule has 1 aromatic rings. The van der Waals surface area contributed by atoms with Crippen LogP contribution >= 0.6 is 11.8 Å². The molecular weight excluding hydrogens is 196 g/mol.